The number of benzene rings is 2. The molecule has 0 heterocycles. The van der Waals surface area contributed by atoms with Crippen LogP contribution in [-0.2, 0) is 16.1 Å². The second kappa shape index (κ2) is 7.46. The van der Waals surface area contributed by atoms with Crippen molar-refractivity contribution in [3.05, 3.63) is 63.6 Å². The van der Waals surface area contributed by atoms with Crippen LogP contribution in [0.15, 0.2) is 42.5 Å². The van der Waals surface area contributed by atoms with Gasteiger partial charge in [0.15, 0.2) is 0 Å². The van der Waals surface area contributed by atoms with E-state index in [0.717, 1.165) is 16.8 Å². The van der Waals surface area contributed by atoms with Crippen LogP contribution in [0.1, 0.15) is 11.1 Å². The van der Waals surface area contributed by atoms with Crippen molar-refractivity contribution in [1.82, 2.24) is 0 Å². The second-order valence-corrected chi connectivity index (χ2v) is 5.49. The summed E-state index contributed by atoms with van der Waals surface area (Å²) < 4.78 is 5.37. The molecule has 1 amide bonds. The third-order valence-electron chi connectivity index (χ3n) is 2.81. The summed E-state index contributed by atoms with van der Waals surface area (Å²) in [5.74, 6) is -0.203. The van der Waals surface area contributed by atoms with E-state index in [9.17, 15) is 4.79 Å². The Morgan fingerprint density at radius 2 is 2.00 bits per heavy atom. The van der Waals surface area contributed by atoms with E-state index in [1.54, 1.807) is 18.2 Å². The summed E-state index contributed by atoms with van der Waals surface area (Å²) in [5.41, 5.74) is 2.64. The van der Waals surface area contributed by atoms with Crippen LogP contribution in [-0.4, -0.2) is 12.5 Å². The zero-order valence-electron chi connectivity index (χ0n) is 11.5. The molecule has 0 aliphatic heterocycles. The van der Waals surface area contributed by atoms with E-state index in [4.69, 9.17) is 27.9 Å². The number of nitrogens with one attached hydrogen (secondary N) is 1. The van der Waals surface area contributed by atoms with Crippen molar-refractivity contribution >= 4 is 34.8 Å². The summed E-state index contributed by atoms with van der Waals surface area (Å²) in [6.07, 6.45) is 0. The van der Waals surface area contributed by atoms with Crippen LogP contribution in [0.2, 0.25) is 10.0 Å². The minimum atomic E-state index is -0.203. The summed E-state index contributed by atoms with van der Waals surface area (Å²) in [7, 11) is 0. The number of hydrogen-bond acceptors (Lipinski definition) is 2. The third-order valence-corrected chi connectivity index (χ3v) is 3.39. The van der Waals surface area contributed by atoms with E-state index < -0.39 is 0 Å². The molecule has 0 aliphatic rings. The fourth-order valence-corrected chi connectivity index (χ4v) is 2.28. The Morgan fingerprint density at radius 3 is 2.71 bits per heavy atom. The SMILES string of the molecule is Cc1cccc(NC(=O)COCc2ccc(Cl)cc2Cl)c1. The van der Waals surface area contributed by atoms with Gasteiger partial charge in [0.2, 0.25) is 5.91 Å². The molecule has 2 aromatic rings. The number of aryl methyl sites for hydroxylation is 1. The Balaban J connectivity index is 1.81. The van der Waals surface area contributed by atoms with Crippen molar-refractivity contribution in [2.24, 2.45) is 0 Å². The minimum Gasteiger partial charge on any atom is -0.367 e. The predicted octanol–water partition coefficient (Wildman–Crippen LogP) is 4.46. The van der Waals surface area contributed by atoms with Crippen LogP contribution in [0.4, 0.5) is 5.69 Å². The number of anilines is 1. The van der Waals surface area contributed by atoms with Crippen LogP contribution in [0.25, 0.3) is 0 Å². The van der Waals surface area contributed by atoms with E-state index in [0.29, 0.717) is 10.0 Å². The Labute approximate surface area is 133 Å². The Bertz CT molecular complexity index is 644. The average Bonchev–Trinajstić information content (AvgIpc) is 2.41. The van der Waals surface area contributed by atoms with Gasteiger partial charge in [-0.25, -0.2) is 0 Å². The lowest BCUT2D eigenvalue weighted by Gasteiger charge is -2.08. The van der Waals surface area contributed by atoms with E-state index in [-0.39, 0.29) is 19.1 Å². The minimum absolute atomic E-state index is 0.0348. The van der Waals surface area contributed by atoms with E-state index in [1.165, 1.54) is 0 Å². The maximum atomic E-state index is 11.8. The van der Waals surface area contributed by atoms with Crippen LogP contribution in [0, 0.1) is 6.92 Å². The van der Waals surface area contributed by atoms with Gasteiger partial charge in [-0.15, -0.1) is 0 Å². The topological polar surface area (TPSA) is 38.3 Å². The van der Waals surface area contributed by atoms with Gasteiger partial charge in [-0.3, -0.25) is 4.79 Å². The van der Waals surface area contributed by atoms with Crippen molar-refractivity contribution in [1.29, 1.82) is 0 Å². The fourth-order valence-electron chi connectivity index (χ4n) is 1.81. The first kappa shape index (κ1) is 15.8. The first-order valence-corrected chi connectivity index (χ1v) is 7.18. The van der Waals surface area contributed by atoms with Crippen LogP contribution < -0.4 is 5.32 Å². The van der Waals surface area contributed by atoms with Gasteiger partial charge < -0.3 is 10.1 Å². The number of hydrogen-bond donors (Lipinski definition) is 1. The largest absolute Gasteiger partial charge is 0.367 e. The highest BCUT2D eigenvalue weighted by molar-refractivity contribution is 6.35. The molecule has 0 saturated heterocycles. The number of carbonyl (C=O) groups excluding carboxylic acids is 1. The number of rotatable bonds is 5. The normalized spacial score (nSPS) is 10.4. The molecule has 0 aliphatic carbocycles. The number of halogens is 2. The van der Waals surface area contributed by atoms with Crippen LogP contribution >= 0.6 is 23.2 Å². The van der Waals surface area contributed by atoms with Gasteiger partial charge in [-0.2, -0.15) is 0 Å². The average molecular weight is 324 g/mol. The highest BCUT2D eigenvalue weighted by atomic mass is 35.5. The molecule has 0 radical (unpaired) electrons. The Hall–Kier alpha value is -1.55. The second-order valence-electron chi connectivity index (χ2n) is 4.65. The Morgan fingerprint density at radius 1 is 1.19 bits per heavy atom. The molecular weight excluding hydrogens is 309 g/mol. The molecule has 2 rings (SSSR count). The lowest BCUT2D eigenvalue weighted by atomic mass is 10.2. The van der Waals surface area contributed by atoms with Crippen molar-refractivity contribution in [3.63, 3.8) is 0 Å². The van der Waals surface area contributed by atoms with Gasteiger partial charge in [0.05, 0.1) is 6.61 Å². The van der Waals surface area contributed by atoms with Crippen molar-refractivity contribution in [3.8, 4) is 0 Å². The molecule has 5 heteroatoms. The lowest BCUT2D eigenvalue weighted by Crippen LogP contribution is -2.18. The van der Waals surface area contributed by atoms with E-state index >= 15 is 0 Å². The zero-order chi connectivity index (χ0) is 15.2. The highest BCUT2D eigenvalue weighted by Crippen LogP contribution is 2.21. The maximum absolute atomic E-state index is 11.8. The lowest BCUT2D eigenvalue weighted by molar-refractivity contribution is -0.121. The summed E-state index contributed by atoms with van der Waals surface area (Å²) >= 11 is 11.8. The molecule has 0 spiro atoms. The van der Waals surface area contributed by atoms with Crippen LogP contribution in [0.5, 0.6) is 0 Å². The molecule has 110 valence electrons. The highest BCUT2D eigenvalue weighted by Gasteiger charge is 2.05. The standard InChI is InChI=1S/C16H15Cl2NO2/c1-11-3-2-4-14(7-11)19-16(20)10-21-9-12-5-6-13(17)8-15(12)18/h2-8H,9-10H2,1H3,(H,19,20). The Kier molecular flexibility index (Phi) is 5.62. The maximum Gasteiger partial charge on any atom is 0.250 e. The van der Waals surface area contributed by atoms with Gasteiger partial charge in [-0.05, 0) is 42.3 Å². The molecule has 0 aromatic heterocycles. The van der Waals surface area contributed by atoms with Crippen molar-refractivity contribution < 1.29 is 9.53 Å². The summed E-state index contributed by atoms with van der Waals surface area (Å²) in [4.78, 5) is 11.8. The van der Waals surface area contributed by atoms with Gasteiger partial charge in [0.25, 0.3) is 0 Å². The molecule has 0 atom stereocenters. The summed E-state index contributed by atoms with van der Waals surface area (Å²) in [6.45, 7) is 2.19. The third kappa shape index (κ3) is 5.05. The predicted molar refractivity (Wildman–Crippen MR) is 85.9 cm³/mol. The quantitative estimate of drug-likeness (QED) is 0.882. The van der Waals surface area contributed by atoms with Gasteiger partial charge in [0, 0.05) is 15.7 Å². The molecule has 2 aromatic carbocycles. The fraction of sp³-hybridized carbons (Fsp3) is 0.188. The van der Waals surface area contributed by atoms with Crippen LogP contribution in [0.3, 0.4) is 0 Å². The summed E-state index contributed by atoms with van der Waals surface area (Å²) in [5, 5.41) is 3.87. The summed E-state index contributed by atoms with van der Waals surface area (Å²) in [6, 6.07) is 12.7. The van der Waals surface area contributed by atoms with Gasteiger partial charge >= 0.3 is 0 Å². The number of carbonyl (C=O) groups is 1. The molecule has 0 fully saturated rings. The molecule has 21 heavy (non-hydrogen) atoms. The van der Waals surface area contributed by atoms with E-state index in [2.05, 4.69) is 5.32 Å². The zero-order valence-corrected chi connectivity index (χ0v) is 13.0. The molecule has 0 saturated carbocycles. The monoisotopic (exact) mass is 323 g/mol. The molecular formula is C16H15Cl2NO2. The molecule has 0 bridgehead atoms. The van der Waals surface area contributed by atoms with Gasteiger partial charge in [0.1, 0.15) is 6.61 Å². The molecule has 0 unspecified atom stereocenters. The molecule has 3 nitrogen and oxygen atoms in total. The smallest absolute Gasteiger partial charge is 0.250 e. The van der Waals surface area contributed by atoms with Gasteiger partial charge in [-0.1, -0.05) is 41.4 Å². The number of amides is 1. The van der Waals surface area contributed by atoms with Crippen molar-refractivity contribution in [2.45, 2.75) is 13.5 Å². The number of ether oxygens (including phenoxy) is 1. The first-order chi connectivity index (χ1) is 10.0. The first-order valence-electron chi connectivity index (χ1n) is 6.43. The molecule has 1 N–H and O–H groups in total. The van der Waals surface area contributed by atoms with E-state index in [1.807, 2.05) is 31.2 Å². The van der Waals surface area contributed by atoms with Crippen molar-refractivity contribution in [2.75, 3.05) is 11.9 Å².